The summed E-state index contributed by atoms with van der Waals surface area (Å²) >= 11 is 12.4. The molecule has 0 saturated carbocycles. The highest BCUT2D eigenvalue weighted by atomic mass is 35.5. The third-order valence-corrected chi connectivity index (χ3v) is 4.70. The molecule has 122 valence electrons. The van der Waals surface area contributed by atoms with Crippen molar-refractivity contribution in [2.24, 2.45) is 7.05 Å². The van der Waals surface area contributed by atoms with Crippen molar-refractivity contribution < 1.29 is 4.79 Å². The van der Waals surface area contributed by atoms with Crippen LogP contribution in [0.3, 0.4) is 0 Å². The van der Waals surface area contributed by atoms with Gasteiger partial charge in [0, 0.05) is 45.7 Å². The summed E-state index contributed by atoms with van der Waals surface area (Å²) in [5.74, 6) is 0. The molecule has 0 N–H and O–H groups in total. The van der Waals surface area contributed by atoms with E-state index in [4.69, 9.17) is 23.2 Å². The van der Waals surface area contributed by atoms with Crippen LogP contribution in [0.25, 0.3) is 21.9 Å². The molecule has 0 aliphatic carbocycles. The van der Waals surface area contributed by atoms with Crippen LogP contribution in [-0.2, 0) is 18.3 Å². The lowest BCUT2D eigenvalue weighted by Crippen LogP contribution is -2.22. The van der Waals surface area contributed by atoms with E-state index in [-0.39, 0.29) is 12.0 Å². The minimum absolute atomic E-state index is 0.126. The molecule has 0 saturated heterocycles. The zero-order valence-electron chi connectivity index (χ0n) is 13.3. The molecule has 3 aromatic rings. The standard InChI is InChI=1S/C19H15Cl2NO2/c1-11-3-5-13-15(9-11)19(24)22(2)17(7-8-23)18(13)14-6-4-12(20)10-16(14)21/h3-6,8-10H,7H2,1-2H3. The number of aromatic nitrogens is 1. The summed E-state index contributed by atoms with van der Waals surface area (Å²) in [6, 6.07) is 10.9. The van der Waals surface area contributed by atoms with Crippen LogP contribution in [0.4, 0.5) is 0 Å². The van der Waals surface area contributed by atoms with Crippen LogP contribution < -0.4 is 5.56 Å². The predicted molar refractivity (Wildman–Crippen MR) is 99.2 cm³/mol. The first-order valence-corrected chi connectivity index (χ1v) is 8.21. The summed E-state index contributed by atoms with van der Waals surface area (Å²) in [6.07, 6.45) is 0.923. The first kappa shape index (κ1) is 16.7. The van der Waals surface area contributed by atoms with E-state index < -0.39 is 0 Å². The quantitative estimate of drug-likeness (QED) is 0.642. The van der Waals surface area contributed by atoms with E-state index in [2.05, 4.69) is 0 Å². The molecule has 3 nitrogen and oxygen atoms in total. The summed E-state index contributed by atoms with van der Waals surface area (Å²) in [5.41, 5.74) is 3.05. The van der Waals surface area contributed by atoms with Crippen LogP contribution in [0.2, 0.25) is 10.0 Å². The van der Waals surface area contributed by atoms with Gasteiger partial charge in [0.25, 0.3) is 5.56 Å². The number of halogens is 2. The summed E-state index contributed by atoms with van der Waals surface area (Å²) in [5, 5.41) is 2.40. The molecule has 0 fully saturated rings. The summed E-state index contributed by atoms with van der Waals surface area (Å²) in [6.45, 7) is 1.94. The van der Waals surface area contributed by atoms with Gasteiger partial charge in [0.2, 0.25) is 0 Å². The smallest absolute Gasteiger partial charge is 0.258 e. The molecular formula is C19H15Cl2NO2. The van der Waals surface area contributed by atoms with E-state index in [0.717, 1.165) is 28.4 Å². The van der Waals surface area contributed by atoms with Gasteiger partial charge >= 0.3 is 0 Å². The van der Waals surface area contributed by atoms with Crippen molar-refractivity contribution in [3.63, 3.8) is 0 Å². The van der Waals surface area contributed by atoms with Gasteiger partial charge in [-0.2, -0.15) is 0 Å². The van der Waals surface area contributed by atoms with Crippen molar-refractivity contribution in [1.82, 2.24) is 4.57 Å². The third kappa shape index (κ3) is 2.74. The largest absolute Gasteiger partial charge is 0.314 e. The number of benzene rings is 2. The summed E-state index contributed by atoms with van der Waals surface area (Å²) < 4.78 is 1.52. The maximum absolute atomic E-state index is 12.7. The molecule has 24 heavy (non-hydrogen) atoms. The Hall–Kier alpha value is -2.10. The molecular weight excluding hydrogens is 345 g/mol. The van der Waals surface area contributed by atoms with Crippen molar-refractivity contribution in [3.8, 4) is 11.1 Å². The number of rotatable bonds is 3. The second-order valence-corrected chi connectivity index (χ2v) is 6.57. The third-order valence-electron chi connectivity index (χ3n) is 4.15. The van der Waals surface area contributed by atoms with E-state index in [1.165, 1.54) is 4.57 Å². The average Bonchev–Trinajstić information content (AvgIpc) is 2.54. The molecule has 3 rings (SSSR count). The molecule has 2 aromatic carbocycles. The molecule has 0 bridgehead atoms. The second-order valence-electron chi connectivity index (χ2n) is 5.73. The van der Waals surface area contributed by atoms with Crippen LogP contribution in [0.1, 0.15) is 11.3 Å². The number of pyridine rings is 1. The molecule has 0 aliphatic heterocycles. The van der Waals surface area contributed by atoms with E-state index in [9.17, 15) is 9.59 Å². The van der Waals surface area contributed by atoms with E-state index in [1.54, 1.807) is 19.2 Å². The highest BCUT2D eigenvalue weighted by Gasteiger charge is 2.18. The van der Waals surface area contributed by atoms with Gasteiger partial charge in [-0.1, -0.05) is 47.0 Å². The molecule has 1 heterocycles. The van der Waals surface area contributed by atoms with Crippen LogP contribution in [-0.4, -0.2) is 10.9 Å². The van der Waals surface area contributed by atoms with Crippen LogP contribution in [0.5, 0.6) is 0 Å². The Morgan fingerprint density at radius 1 is 1.08 bits per heavy atom. The summed E-state index contributed by atoms with van der Waals surface area (Å²) in [4.78, 5) is 23.9. The van der Waals surface area contributed by atoms with E-state index in [0.29, 0.717) is 21.1 Å². The number of carbonyl (C=O) groups excluding carboxylic acids is 1. The van der Waals surface area contributed by atoms with Gasteiger partial charge < -0.3 is 9.36 Å². The lowest BCUT2D eigenvalue weighted by molar-refractivity contribution is -0.107. The second kappa shape index (κ2) is 6.42. The fourth-order valence-corrected chi connectivity index (χ4v) is 3.49. The molecule has 0 aliphatic rings. The van der Waals surface area contributed by atoms with Crippen molar-refractivity contribution in [2.75, 3.05) is 0 Å². The van der Waals surface area contributed by atoms with Gasteiger partial charge in [-0.25, -0.2) is 0 Å². The van der Waals surface area contributed by atoms with Crippen LogP contribution in [0, 0.1) is 6.92 Å². The number of fused-ring (bicyclic) bond motifs is 1. The number of carbonyl (C=O) groups is 1. The van der Waals surface area contributed by atoms with E-state index >= 15 is 0 Å². The highest BCUT2D eigenvalue weighted by Crippen LogP contribution is 2.36. The lowest BCUT2D eigenvalue weighted by Gasteiger charge is -2.17. The van der Waals surface area contributed by atoms with Crippen molar-refractivity contribution in [1.29, 1.82) is 0 Å². The summed E-state index contributed by atoms with van der Waals surface area (Å²) in [7, 11) is 1.68. The maximum atomic E-state index is 12.7. The monoisotopic (exact) mass is 359 g/mol. The highest BCUT2D eigenvalue weighted by molar-refractivity contribution is 6.36. The Bertz CT molecular complexity index is 1020. The Kier molecular flexibility index (Phi) is 4.48. The average molecular weight is 360 g/mol. The van der Waals surface area contributed by atoms with Crippen molar-refractivity contribution >= 4 is 40.3 Å². The van der Waals surface area contributed by atoms with E-state index in [1.807, 2.05) is 31.2 Å². The number of hydrogen-bond donors (Lipinski definition) is 0. The Balaban J connectivity index is 2.52. The normalized spacial score (nSPS) is 11.0. The number of aryl methyl sites for hydroxylation is 1. The maximum Gasteiger partial charge on any atom is 0.258 e. The number of aldehydes is 1. The Morgan fingerprint density at radius 3 is 2.50 bits per heavy atom. The lowest BCUT2D eigenvalue weighted by atomic mass is 9.95. The zero-order chi connectivity index (χ0) is 17.4. The SMILES string of the molecule is Cc1ccc2c(-c3ccc(Cl)cc3Cl)c(CC=O)n(C)c(=O)c2c1. The molecule has 0 unspecified atom stereocenters. The van der Waals surface area contributed by atoms with Gasteiger partial charge in [0.05, 0.1) is 0 Å². The molecule has 1 aromatic heterocycles. The minimum Gasteiger partial charge on any atom is -0.314 e. The zero-order valence-corrected chi connectivity index (χ0v) is 14.8. The van der Waals surface area contributed by atoms with Gasteiger partial charge in [-0.05, 0) is 30.5 Å². The van der Waals surface area contributed by atoms with Gasteiger partial charge in [-0.15, -0.1) is 0 Å². The number of hydrogen-bond acceptors (Lipinski definition) is 2. The minimum atomic E-state index is -0.126. The van der Waals surface area contributed by atoms with Gasteiger partial charge in [-0.3, -0.25) is 4.79 Å². The molecule has 0 spiro atoms. The van der Waals surface area contributed by atoms with Crippen molar-refractivity contribution in [2.45, 2.75) is 13.3 Å². The first-order valence-electron chi connectivity index (χ1n) is 7.45. The molecule has 0 atom stereocenters. The topological polar surface area (TPSA) is 39.1 Å². The molecule has 5 heteroatoms. The van der Waals surface area contributed by atoms with Gasteiger partial charge in [0.1, 0.15) is 6.29 Å². The Morgan fingerprint density at radius 2 is 1.83 bits per heavy atom. The van der Waals surface area contributed by atoms with Crippen molar-refractivity contribution in [3.05, 3.63) is 68.1 Å². The fourth-order valence-electron chi connectivity index (χ4n) is 2.99. The fraction of sp³-hybridized carbons (Fsp3) is 0.158. The predicted octanol–water partition coefficient (Wildman–Crippen LogP) is 4.56. The van der Waals surface area contributed by atoms with Gasteiger partial charge in [0.15, 0.2) is 0 Å². The van der Waals surface area contributed by atoms with Crippen LogP contribution >= 0.6 is 23.2 Å². The number of nitrogens with zero attached hydrogens (tertiary/aromatic N) is 1. The Labute approximate surface area is 149 Å². The molecule has 0 radical (unpaired) electrons. The van der Waals surface area contributed by atoms with Crippen LogP contribution in [0.15, 0.2) is 41.2 Å². The molecule has 0 amide bonds. The first-order chi connectivity index (χ1) is 11.4.